The molecule has 0 radical (unpaired) electrons. The summed E-state index contributed by atoms with van der Waals surface area (Å²) in [5.74, 6) is 3.05. The maximum absolute atomic E-state index is 12.6. The number of hydrogen-bond acceptors (Lipinski definition) is 5. The molecule has 1 fully saturated rings. The number of thioether (sulfide) groups is 1. The molecule has 1 aliphatic rings. The minimum absolute atomic E-state index is 0.00666. The van der Waals surface area contributed by atoms with Crippen molar-refractivity contribution in [3.05, 3.63) is 65.7 Å². The molecule has 1 heterocycles. The maximum Gasteiger partial charge on any atom is 0.234 e. The lowest BCUT2D eigenvalue weighted by atomic mass is 10.1. The van der Waals surface area contributed by atoms with E-state index in [1.807, 2.05) is 66.4 Å². The van der Waals surface area contributed by atoms with E-state index >= 15 is 0 Å². The number of nitrogens with one attached hydrogen (secondary N) is 1. The van der Waals surface area contributed by atoms with Crippen molar-refractivity contribution >= 4 is 17.7 Å². The molecule has 2 N–H and O–H groups in total. The van der Waals surface area contributed by atoms with E-state index in [0.717, 1.165) is 29.1 Å². The summed E-state index contributed by atoms with van der Waals surface area (Å²) in [7, 11) is 0. The molecule has 2 aromatic rings. The summed E-state index contributed by atoms with van der Waals surface area (Å²) >= 11 is 1.93. The molecule has 0 aliphatic carbocycles. The van der Waals surface area contributed by atoms with Crippen molar-refractivity contribution in [1.82, 2.24) is 10.2 Å². The second-order valence-corrected chi connectivity index (χ2v) is 8.36. The van der Waals surface area contributed by atoms with Gasteiger partial charge in [-0.1, -0.05) is 42.5 Å². The summed E-state index contributed by atoms with van der Waals surface area (Å²) in [5.41, 5.74) is 2.12. The van der Waals surface area contributed by atoms with Gasteiger partial charge in [0.1, 0.15) is 12.4 Å². The van der Waals surface area contributed by atoms with Gasteiger partial charge in [-0.15, -0.1) is 0 Å². The van der Waals surface area contributed by atoms with Crippen LogP contribution in [0.5, 0.6) is 5.75 Å². The molecule has 1 aliphatic heterocycles. The van der Waals surface area contributed by atoms with Gasteiger partial charge in [0.25, 0.3) is 0 Å². The molecule has 0 aromatic heterocycles. The first kappa shape index (κ1) is 21.7. The fraction of sp³-hybridized carbons (Fsp3) is 0.435. The van der Waals surface area contributed by atoms with Crippen LogP contribution in [0.25, 0.3) is 0 Å². The third-order valence-corrected chi connectivity index (χ3v) is 6.32. The van der Waals surface area contributed by atoms with Gasteiger partial charge in [0.2, 0.25) is 5.91 Å². The number of carbonyl (C=O) groups excluding carboxylic acids is 1. The average molecular weight is 415 g/mol. The van der Waals surface area contributed by atoms with Crippen molar-refractivity contribution in [2.75, 3.05) is 31.2 Å². The standard InChI is InChI=1S/C23H30N2O3S/c26-13-12-25(21-9-6-14-29-18-21)16-23(27)24-15-19-7-4-5-8-20(19)17-28-22-10-2-1-3-11-22/h1-5,7-8,10-11,21,26H,6,9,12-18H2,(H,24,27). The van der Waals surface area contributed by atoms with Crippen LogP contribution < -0.4 is 10.1 Å². The predicted molar refractivity (Wildman–Crippen MR) is 118 cm³/mol. The highest BCUT2D eigenvalue weighted by atomic mass is 32.2. The summed E-state index contributed by atoms with van der Waals surface area (Å²) in [6, 6.07) is 18.1. The molecule has 6 heteroatoms. The first-order valence-electron chi connectivity index (χ1n) is 10.2. The van der Waals surface area contributed by atoms with Gasteiger partial charge in [-0.2, -0.15) is 11.8 Å². The van der Waals surface area contributed by atoms with E-state index in [9.17, 15) is 9.90 Å². The molecule has 1 atom stereocenters. The topological polar surface area (TPSA) is 61.8 Å². The Morgan fingerprint density at radius 2 is 1.90 bits per heavy atom. The van der Waals surface area contributed by atoms with Crippen molar-refractivity contribution in [1.29, 1.82) is 0 Å². The van der Waals surface area contributed by atoms with E-state index < -0.39 is 0 Å². The number of aliphatic hydroxyl groups excluding tert-OH is 1. The Bertz CT molecular complexity index is 751. The number of benzene rings is 2. The fourth-order valence-corrected chi connectivity index (χ4v) is 4.70. The van der Waals surface area contributed by atoms with E-state index in [1.54, 1.807) is 0 Å². The number of aliphatic hydroxyl groups is 1. The predicted octanol–water partition coefficient (Wildman–Crippen LogP) is 3.07. The summed E-state index contributed by atoms with van der Waals surface area (Å²) in [5, 5.41) is 12.4. The summed E-state index contributed by atoms with van der Waals surface area (Å²) in [6.45, 7) is 1.88. The van der Waals surface area contributed by atoms with E-state index in [-0.39, 0.29) is 12.5 Å². The molecule has 29 heavy (non-hydrogen) atoms. The van der Waals surface area contributed by atoms with Crippen LogP contribution in [0.3, 0.4) is 0 Å². The first-order chi connectivity index (χ1) is 14.3. The van der Waals surface area contributed by atoms with Crippen LogP contribution in [0.2, 0.25) is 0 Å². The quantitative estimate of drug-likeness (QED) is 0.626. The van der Waals surface area contributed by atoms with Gasteiger partial charge in [0.15, 0.2) is 0 Å². The van der Waals surface area contributed by atoms with Crippen LogP contribution in [0.15, 0.2) is 54.6 Å². The lowest BCUT2D eigenvalue weighted by Gasteiger charge is -2.33. The monoisotopic (exact) mass is 414 g/mol. The molecule has 3 rings (SSSR count). The summed E-state index contributed by atoms with van der Waals surface area (Å²) in [4.78, 5) is 14.7. The zero-order valence-electron chi connectivity index (χ0n) is 16.8. The first-order valence-corrected chi connectivity index (χ1v) is 11.4. The molecule has 1 amide bonds. The van der Waals surface area contributed by atoms with Gasteiger partial charge in [0, 0.05) is 24.9 Å². The largest absolute Gasteiger partial charge is 0.489 e. The zero-order valence-corrected chi connectivity index (χ0v) is 17.6. The number of amides is 1. The van der Waals surface area contributed by atoms with Crippen LogP contribution >= 0.6 is 11.8 Å². The Hall–Kier alpha value is -2.02. The smallest absolute Gasteiger partial charge is 0.234 e. The zero-order chi connectivity index (χ0) is 20.3. The van der Waals surface area contributed by atoms with Crippen molar-refractivity contribution in [3.8, 4) is 5.75 Å². The summed E-state index contributed by atoms with van der Waals surface area (Å²) in [6.07, 6.45) is 2.27. The van der Waals surface area contributed by atoms with E-state index in [1.165, 1.54) is 12.2 Å². The number of para-hydroxylation sites is 1. The minimum Gasteiger partial charge on any atom is -0.489 e. The van der Waals surface area contributed by atoms with Gasteiger partial charge < -0.3 is 15.2 Å². The second kappa shape index (κ2) is 11.9. The van der Waals surface area contributed by atoms with Gasteiger partial charge in [-0.05, 0) is 41.9 Å². The third-order valence-electron chi connectivity index (χ3n) is 5.12. The van der Waals surface area contributed by atoms with E-state index in [4.69, 9.17) is 4.74 Å². The lowest BCUT2D eigenvalue weighted by Crippen LogP contribution is -2.46. The number of rotatable bonds is 10. The molecule has 0 spiro atoms. The number of nitrogens with zero attached hydrogens (tertiary/aromatic N) is 1. The van der Waals surface area contributed by atoms with Gasteiger partial charge in [-0.25, -0.2) is 0 Å². The number of hydrogen-bond donors (Lipinski definition) is 2. The van der Waals surface area contributed by atoms with Crippen molar-refractivity contribution < 1.29 is 14.6 Å². The maximum atomic E-state index is 12.6. The minimum atomic E-state index is -0.00666. The van der Waals surface area contributed by atoms with Crippen LogP contribution in [0, 0.1) is 0 Å². The van der Waals surface area contributed by atoms with Gasteiger partial charge in [-0.3, -0.25) is 9.69 Å². The highest BCUT2D eigenvalue weighted by Crippen LogP contribution is 2.21. The van der Waals surface area contributed by atoms with Crippen LogP contribution in [-0.2, 0) is 17.9 Å². The highest BCUT2D eigenvalue weighted by molar-refractivity contribution is 7.99. The van der Waals surface area contributed by atoms with Gasteiger partial charge >= 0.3 is 0 Å². The third kappa shape index (κ3) is 7.07. The molecule has 0 bridgehead atoms. The second-order valence-electron chi connectivity index (χ2n) is 7.21. The Balaban J connectivity index is 1.52. The molecule has 2 aromatic carbocycles. The fourth-order valence-electron chi connectivity index (χ4n) is 3.51. The Labute approximate surface area is 177 Å². The lowest BCUT2D eigenvalue weighted by molar-refractivity contribution is -0.123. The number of carbonyl (C=O) groups is 1. The number of ether oxygens (including phenoxy) is 1. The molecule has 1 saturated heterocycles. The molecular formula is C23H30N2O3S. The van der Waals surface area contributed by atoms with Crippen molar-refractivity contribution in [3.63, 3.8) is 0 Å². The Kier molecular flexibility index (Phi) is 8.86. The van der Waals surface area contributed by atoms with E-state index in [0.29, 0.717) is 32.3 Å². The summed E-state index contributed by atoms with van der Waals surface area (Å²) < 4.78 is 5.86. The molecule has 1 unspecified atom stereocenters. The SMILES string of the molecule is O=C(CN(CCO)C1CCCSC1)NCc1ccccc1COc1ccccc1. The highest BCUT2D eigenvalue weighted by Gasteiger charge is 2.23. The molecule has 156 valence electrons. The molecule has 5 nitrogen and oxygen atoms in total. The molecular weight excluding hydrogens is 384 g/mol. The molecule has 0 saturated carbocycles. The van der Waals surface area contributed by atoms with E-state index in [2.05, 4.69) is 10.2 Å². The van der Waals surface area contributed by atoms with Crippen molar-refractivity contribution in [2.24, 2.45) is 0 Å². The van der Waals surface area contributed by atoms with Gasteiger partial charge in [0.05, 0.1) is 13.2 Å². The van der Waals surface area contributed by atoms with Crippen molar-refractivity contribution in [2.45, 2.75) is 32.0 Å². The Morgan fingerprint density at radius 3 is 2.62 bits per heavy atom. The Morgan fingerprint density at radius 1 is 1.14 bits per heavy atom. The average Bonchev–Trinajstić information content (AvgIpc) is 2.78. The van der Waals surface area contributed by atoms with Crippen LogP contribution in [0.4, 0.5) is 0 Å². The van der Waals surface area contributed by atoms with Crippen LogP contribution in [-0.4, -0.2) is 53.2 Å². The van der Waals surface area contributed by atoms with Crippen LogP contribution in [0.1, 0.15) is 24.0 Å². The normalized spacial score (nSPS) is 16.6.